The second-order valence-electron chi connectivity index (χ2n) is 5.79. The zero-order chi connectivity index (χ0) is 14.9. The van der Waals surface area contributed by atoms with Gasteiger partial charge in [0.2, 0.25) is 0 Å². The summed E-state index contributed by atoms with van der Waals surface area (Å²) in [4.78, 5) is 4.34. The summed E-state index contributed by atoms with van der Waals surface area (Å²) in [6.07, 6.45) is 7.47. The molecule has 0 radical (unpaired) electrons. The minimum atomic E-state index is 0.373. The van der Waals surface area contributed by atoms with Crippen molar-refractivity contribution in [1.29, 1.82) is 0 Å². The summed E-state index contributed by atoms with van der Waals surface area (Å²) in [5, 5.41) is 0.774. The number of aromatic nitrogens is 2. The number of fused-ring (bicyclic) bond motifs is 1. The van der Waals surface area contributed by atoms with Crippen molar-refractivity contribution in [3.8, 4) is 11.1 Å². The topological polar surface area (TPSA) is 17.8 Å². The SMILES string of the molecule is Clc1ccc(-c2ccccc2C2CCCc3cncn32)cc1. The van der Waals surface area contributed by atoms with Crippen LogP contribution in [0.25, 0.3) is 11.1 Å². The molecule has 3 aromatic rings. The maximum atomic E-state index is 6.03. The van der Waals surface area contributed by atoms with Crippen LogP contribution in [0.15, 0.2) is 61.1 Å². The van der Waals surface area contributed by atoms with Gasteiger partial charge in [-0.2, -0.15) is 0 Å². The molecule has 2 aromatic carbocycles. The molecule has 0 fully saturated rings. The molecular weight excluding hydrogens is 292 g/mol. The minimum absolute atomic E-state index is 0.373. The number of rotatable bonds is 2. The summed E-state index contributed by atoms with van der Waals surface area (Å²) in [6, 6.07) is 17.1. The summed E-state index contributed by atoms with van der Waals surface area (Å²) >= 11 is 6.03. The molecule has 0 saturated heterocycles. The van der Waals surface area contributed by atoms with Crippen molar-refractivity contribution in [2.75, 3.05) is 0 Å². The molecule has 2 heterocycles. The molecule has 110 valence electrons. The van der Waals surface area contributed by atoms with E-state index in [0.29, 0.717) is 6.04 Å². The quantitative estimate of drug-likeness (QED) is 0.642. The summed E-state index contributed by atoms with van der Waals surface area (Å²) in [5.74, 6) is 0. The Kier molecular flexibility index (Phi) is 3.47. The molecular formula is C19H17ClN2. The molecule has 22 heavy (non-hydrogen) atoms. The van der Waals surface area contributed by atoms with Crippen LogP contribution < -0.4 is 0 Å². The summed E-state index contributed by atoms with van der Waals surface area (Å²) < 4.78 is 2.33. The molecule has 1 unspecified atom stereocenters. The number of benzene rings is 2. The van der Waals surface area contributed by atoms with Gasteiger partial charge in [0, 0.05) is 16.9 Å². The van der Waals surface area contributed by atoms with Crippen LogP contribution in [0.1, 0.15) is 30.1 Å². The number of aryl methyl sites for hydroxylation is 1. The van der Waals surface area contributed by atoms with Gasteiger partial charge in [0.15, 0.2) is 0 Å². The monoisotopic (exact) mass is 308 g/mol. The average Bonchev–Trinajstić information content (AvgIpc) is 3.04. The van der Waals surface area contributed by atoms with E-state index in [1.165, 1.54) is 28.8 Å². The van der Waals surface area contributed by atoms with E-state index in [1.54, 1.807) is 0 Å². The van der Waals surface area contributed by atoms with Crippen molar-refractivity contribution in [3.63, 3.8) is 0 Å². The van der Waals surface area contributed by atoms with Crippen LogP contribution >= 0.6 is 11.6 Å². The van der Waals surface area contributed by atoms with E-state index in [9.17, 15) is 0 Å². The highest BCUT2D eigenvalue weighted by Crippen LogP contribution is 2.36. The first-order chi connectivity index (χ1) is 10.8. The van der Waals surface area contributed by atoms with Crippen molar-refractivity contribution in [1.82, 2.24) is 9.55 Å². The average molecular weight is 309 g/mol. The first kappa shape index (κ1) is 13.6. The van der Waals surface area contributed by atoms with Gasteiger partial charge >= 0.3 is 0 Å². The van der Waals surface area contributed by atoms with E-state index < -0.39 is 0 Å². The Hall–Kier alpha value is -2.06. The smallest absolute Gasteiger partial charge is 0.0953 e. The van der Waals surface area contributed by atoms with Gasteiger partial charge < -0.3 is 4.57 Å². The third-order valence-electron chi connectivity index (χ3n) is 4.47. The first-order valence-electron chi connectivity index (χ1n) is 7.68. The highest BCUT2D eigenvalue weighted by molar-refractivity contribution is 6.30. The molecule has 1 aliphatic rings. The lowest BCUT2D eigenvalue weighted by Crippen LogP contribution is -2.18. The highest BCUT2D eigenvalue weighted by Gasteiger charge is 2.23. The molecule has 1 atom stereocenters. The lowest BCUT2D eigenvalue weighted by atomic mass is 9.90. The van der Waals surface area contributed by atoms with Crippen LogP contribution in [0, 0.1) is 0 Å². The standard InChI is InChI=1S/C19H17ClN2/c20-15-10-8-14(9-11-15)17-5-1-2-6-18(17)19-7-3-4-16-12-21-13-22(16)19/h1-2,5-6,8-13,19H,3-4,7H2. The number of imidazole rings is 1. The third kappa shape index (κ3) is 2.34. The molecule has 0 saturated carbocycles. The van der Waals surface area contributed by atoms with Crippen LogP contribution in [0.4, 0.5) is 0 Å². The van der Waals surface area contributed by atoms with Crippen LogP contribution in [0.5, 0.6) is 0 Å². The Balaban J connectivity index is 1.83. The molecule has 1 aromatic heterocycles. The zero-order valence-corrected chi connectivity index (χ0v) is 13.0. The summed E-state index contributed by atoms with van der Waals surface area (Å²) in [5.41, 5.74) is 5.20. The third-order valence-corrected chi connectivity index (χ3v) is 4.72. The van der Waals surface area contributed by atoms with Gasteiger partial charge in [0.1, 0.15) is 0 Å². The van der Waals surface area contributed by atoms with Crippen LogP contribution in [0.2, 0.25) is 5.02 Å². The molecule has 0 amide bonds. The molecule has 0 bridgehead atoms. The van der Waals surface area contributed by atoms with Gasteiger partial charge in [-0.25, -0.2) is 4.98 Å². The Labute approximate surface area is 135 Å². The fourth-order valence-electron chi connectivity index (χ4n) is 3.41. The predicted molar refractivity (Wildman–Crippen MR) is 90.2 cm³/mol. The van der Waals surface area contributed by atoms with Crippen molar-refractivity contribution in [2.45, 2.75) is 25.3 Å². The molecule has 0 N–H and O–H groups in total. The van der Waals surface area contributed by atoms with E-state index >= 15 is 0 Å². The summed E-state index contributed by atoms with van der Waals surface area (Å²) in [6.45, 7) is 0. The fraction of sp³-hybridized carbons (Fsp3) is 0.211. The lowest BCUT2D eigenvalue weighted by molar-refractivity contribution is 0.458. The van der Waals surface area contributed by atoms with E-state index in [2.05, 4.69) is 45.9 Å². The molecule has 3 heteroatoms. The Morgan fingerprint density at radius 3 is 2.73 bits per heavy atom. The van der Waals surface area contributed by atoms with Crippen LogP contribution in [-0.4, -0.2) is 9.55 Å². The van der Waals surface area contributed by atoms with Crippen molar-refractivity contribution in [3.05, 3.63) is 77.3 Å². The van der Waals surface area contributed by atoms with Gasteiger partial charge in [-0.1, -0.05) is 48.0 Å². The number of hydrogen-bond acceptors (Lipinski definition) is 1. The van der Waals surface area contributed by atoms with E-state index in [-0.39, 0.29) is 0 Å². The highest BCUT2D eigenvalue weighted by atomic mass is 35.5. The Bertz CT molecular complexity index is 789. The molecule has 0 spiro atoms. The predicted octanol–water partition coefficient (Wildman–Crippen LogP) is 5.13. The van der Waals surface area contributed by atoms with Gasteiger partial charge in [0.05, 0.1) is 12.4 Å². The first-order valence-corrected chi connectivity index (χ1v) is 8.06. The lowest BCUT2D eigenvalue weighted by Gasteiger charge is -2.27. The number of hydrogen-bond donors (Lipinski definition) is 0. The Morgan fingerprint density at radius 2 is 1.86 bits per heavy atom. The van der Waals surface area contributed by atoms with Gasteiger partial charge in [0.25, 0.3) is 0 Å². The van der Waals surface area contributed by atoms with Crippen LogP contribution in [-0.2, 0) is 6.42 Å². The van der Waals surface area contributed by atoms with Crippen molar-refractivity contribution < 1.29 is 0 Å². The number of halogens is 1. The van der Waals surface area contributed by atoms with E-state index in [0.717, 1.165) is 17.9 Å². The van der Waals surface area contributed by atoms with Gasteiger partial charge in [-0.05, 0) is 48.1 Å². The van der Waals surface area contributed by atoms with E-state index in [4.69, 9.17) is 11.6 Å². The molecule has 0 aliphatic carbocycles. The van der Waals surface area contributed by atoms with E-state index in [1.807, 2.05) is 24.7 Å². The molecule has 1 aliphatic heterocycles. The van der Waals surface area contributed by atoms with Gasteiger partial charge in [-0.15, -0.1) is 0 Å². The normalized spacial score (nSPS) is 17.2. The molecule has 2 nitrogen and oxygen atoms in total. The maximum absolute atomic E-state index is 6.03. The molecule has 4 rings (SSSR count). The van der Waals surface area contributed by atoms with Crippen molar-refractivity contribution >= 4 is 11.6 Å². The largest absolute Gasteiger partial charge is 0.327 e. The zero-order valence-electron chi connectivity index (χ0n) is 12.2. The number of nitrogens with zero attached hydrogens (tertiary/aromatic N) is 2. The maximum Gasteiger partial charge on any atom is 0.0953 e. The van der Waals surface area contributed by atoms with Gasteiger partial charge in [-0.3, -0.25) is 0 Å². The minimum Gasteiger partial charge on any atom is -0.327 e. The second kappa shape index (κ2) is 5.62. The van der Waals surface area contributed by atoms with Crippen molar-refractivity contribution in [2.24, 2.45) is 0 Å². The van der Waals surface area contributed by atoms with Crippen LogP contribution in [0.3, 0.4) is 0 Å². The Morgan fingerprint density at radius 1 is 1.05 bits per heavy atom. The second-order valence-corrected chi connectivity index (χ2v) is 6.23. The fourth-order valence-corrected chi connectivity index (χ4v) is 3.53. The summed E-state index contributed by atoms with van der Waals surface area (Å²) in [7, 11) is 0.